The van der Waals surface area contributed by atoms with Crippen LogP contribution in [0.5, 0.6) is 0 Å². The van der Waals surface area contributed by atoms with Crippen LogP contribution in [0.2, 0.25) is 0 Å². The number of thiazole rings is 1. The lowest BCUT2D eigenvalue weighted by Crippen LogP contribution is -2.11. The third-order valence-corrected chi connectivity index (χ3v) is 3.96. The summed E-state index contributed by atoms with van der Waals surface area (Å²) >= 11 is 1.67. The van der Waals surface area contributed by atoms with E-state index in [-0.39, 0.29) is 6.04 Å². The van der Waals surface area contributed by atoms with E-state index < -0.39 is 0 Å². The van der Waals surface area contributed by atoms with Crippen LogP contribution in [0.25, 0.3) is 0 Å². The van der Waals surface area contributed by atoms with E-state index >= 15 is 0 Å². The highest BCUT2D eigenvalue weighted by molar-refractivity contribution is 7.09. The molecule has 2 aromatic rings. The van der Waals surface area contributed by atoms with Gasteiger partial charge in [0.15, 0.2) is 0 Å². The van der Waals surface area contributed by atoms with E-state index in [1.807, 2.05) is 13.0 Å². The Bertz CT molecular complexity index is 566. The van der Waals surface area contributed by atoms with E-state index in [9.17, 15) is 0 Å². The average molecular weight is 291 g/mol. The quantitative estimate of drug-likeness (QED) is 0.854. The number of aromatic nitrogens is 3. The summed E-state index contributed by atoms with van der Waals surface area (Å²) in [7, 11) is 0. The SMILES string of the molecule is CCNc1cc(NC(C)c2nc(C)cs2)nc(CC)n1. The molecule has 0 radical (unpaired) electrons. The fraction of sp³-hybridized carbons (Fsp3) is 0.500. The molecule has 5 nitrogen and oxygen atoms in total. The first-order valence-corrected chi connectivity index (χ1v) is 7.80. The molecule has 0 saturated heterocycles. The van der Waals surface area contributed by atoms with Gasteiger partial charge in [-0.25, -0.2) is 15.0 Å². The number of nitrogens with one attached hydrogen (secondary N) is 2. The molecule has 2 rings (SSSR count). The van der Waals surface area contributed by atoms with E-state index in [1.165, 1.54) is 0 Å². The Labute approximate surface area is 123 Å². The maximum atomic E-state index is 4.52. The van der Waals surface area contributed by atoms with Gasteiger partial charge in [0.25, 0.3) is 0 Å². The topological polar surface area (TPSA) is 62.7 Å². The van der Waals surface area contributed by atoms with E-state index in [2.05, 4.69) is 51.7 Å². The van der Waals surface area contributed by atoms with Crippen LogP contribution in [0.3, 0.4) is 0 Å². The second-order valence-corrected chi connectivity index (χ2v) is 5.52. The van der Waals surface area contributed by atoms with Crippen LogP contribution < -0.4 is 10.6 Å². The molecule has 2 heterocycles. The van der Waals surface area contributed by atoms with E-state index in [4.69, 9.17) is 0 Å². The second kappa shape index (κ2) is 6.65. The molecular weight excluding hydrogens is 270 g/mol. The molecule has 0 aromatic carbocycles. The molecule has 0 fully saturated rings. The first-order valence-electron chi connectivity index (χ1n) is 6.92. The van der Waals surface area contributed by atoms with Crippen LogP contribution in [0, 0.1) is 6.92 Å². The minimum atomic E-state index is 0.141. The Morgan fingerprint density at radius 2 is 1.95 bits per heavy atom. The van der Waals surface area contributed by atoms with Crippen LogP contribution in [0.15, 0.2) is 11.4 Å². The van der Waals surface area contributed by atoms with Gasteiger partial charge in [0, 0.05) is 30.1 Å². The summed E-state index contributed by atoms with van der Waals surface area (Å²) in [6, 6.07) is 2.09. The van der Waals surface area contributed by atoms with Crippen LogP contribution in [-0.4, -0.2) is 21.5 Å². The van der Waals surface area contributed by atoms with Gasteiger partial charge >= 0.3 is 0 Å². The summed E-state index contributed by atoms with van der Waals surface area (Å²) in [4.78, 5) is 13.5. The third-order valence-electron chi connectivity index (χ3n) is 2.82. The summed E-state index contributed by atoms with van der Waals surface area (Å²) in [5, 5.41) is 9.78. The molecule has 0 aliphatic rings. The van der Waals surface area contributed by atoms with Crippen molar-refractivity contribution in [3.63, 3.8) is 0 Å². The smallest absolute Gasteiger partial charge is 0.132 e. The molecule has 0 saturated carbocycles. The normalized spacial score (nSPS) is 12.2. The highest BCUT2D eigenvalue weighted by Crippen LogP contribution is 2.22. The monoisotopic (exact) mass is 291 g/mol. The van der Waals surface area contributed by atoms with Gasteiger partial charge in [-0.05, 0) is 20.8 Å². The van der Waals surface area contributed by atoms with Gasteiger partial charge in [0.2, 0.25) is 0 Å². The lowest BCUT2D eigenvalue weighted by molar-refractivity contribution is 0.842. The van der Waals surface area contributed by atoms with Crippen LogP contribution in [-0.2, 0) is 6.42 Å². The Morgan fingerprint density at radius 3 is 2.55 bits per heavy atom. The molecule has 2 N–H and O–H groups in total. The van der Waals surface area contributed by atoms with Crippen molar-refractivity contribution in [2.24, 2.45) is 0 Å². The maximum absolute atomic E-state index is 4.52. The predicted molar refractivity (Wildman–Crippen MR) is 84.5 cm³/mol. The minimum Gasteiger partial charge on any atom is -0.370 e. The zero-order chi connectivity index (χ0) is 14.5. The molecule has 6 heteroatoms. The zero-order valence-corrected chi connectivity index (χ0v) is 13.2. The lowest BCUT2D eigenvalue weighted by Gasteiger charge is -2.14. The molecule has 2 aromatic heterocycles. The summed E-state index contributed by atoms with van der Waals surface area (Å²) in [5.74, 6) is 2.55. The average Bonchev–Trinajstić information content (AvgIpc) is 2.85. The van der Waals surface area contributed by atoms with E-state index in [0.717, 1.165) is 41.1 Å². The number of nitrogens with zero attached hydrogens (tertiary/aromatic N) is 3. The first-order chi connectivity index (χ1) is 9.62. The van der Waals surface area contributed by atoms with Gasteiger partial charge in [0.05, 0.1) is 6.04 Å². The van der Waals surface area contributed by atoms with Gasteiger partial charge in [0.1, 0.15) is 22.5 Å². The zero-order valence-electron chi connectivity index (χ0n) is 12.4. The summed E-state index contributed by atoms with van der Waals surface area (Å²) in [6.07, 6.45) is 0.818. The number of anilines is 2. The van der Waals surface area contributed by atoms with Crippen molar-refractivity contribution in [3.8, 4) is 0 Å². The molecule has 0 aliphatic carbocycles. The molecule has 0 spiro atoms. The summed E-state index contributed by atoms with van der Waals surface area (Å²) < 4.78 is 0. The molecule has 108 valence electrons. The number of hydrogen-bond donors (Lipinski definition) is 2. The van der Waals surface area contributed by atoms with Crippen LogP contribution in [0.4, 0.5) is 11.6 Å². The van der Waals surface area contributed by atoms with Crippen molar-refractivity contribution in [2.75, 3.05) is 17.2 Å². The van der Waals surface area contributed by atoms with Crippen molar-refractivity contribution in [1.29, 1.82) is 0 Å². The van der Waals surface area contributed by atoms with Gasteiger partial charge in [-0.3, -0.25) is 0 Å². The number of hydrogen-bond acceptors (Lipinski definition) is 6. The lowest BCUT2D eigenvalue weighted by atomic mass is 10.3. The summed E-state index contributed by atoms with van der Waals surface area (Å²) in [5.41, 5.74) is 1.06. The third kappa shape index (κ3) is 3.66. The Kier molecular flexibility index (Phi) is 4.89. The second-order valence-electron chi connectivity index (χ2n) is 4.63. The van der Waals surface area contributed by atoms with Crippen molar-refractivity contribution in [3.05, 3.63) is 28.0 Å². The van der Waals surface area contributed by atoms with Gasteiger partial charge in [-0.2, -0.15) is 0 Å². The van der Waals surface area contributed by atoms with Gasteiger partial charge in [-0.15, -0.1) is 11.3 Å². The summed E-state index contributed by atoms with van der Waals surface area (Å²) in [6.45, 7) is 9.07. The largest absolute Gasteiger partial charge is 0.370 e. The first kappa shape index (κ1) is 14.7. The Hall–Kier alpha value is -1.69. The molecule has 1 atom stereocenters. The van der Waals surface area contributed by atoms with Crippen molar-refractivity contribution in [2.45, 2.75) is 40.2 Å². The fourth-order valence-electron chi connectivity index (χ4n) is 1.86. The predicted octanol–water partition coefficient (Wildman–Crippen LogP) is 3.41. The Balaban J connectivity index is 2.17. The molecule has 1 unspecified atom stereocenters. The van der Waals surface area contributed by atoms with Crippen LogP contribution in [0.1, 0.15) is 43.3 Å². The number of rotatable bonds is 6. The van der Waals surface area contributed by atoms with Crippen molar-refractivity contribution >= 4 is 23.0 Å². The van der Waals surface area contributed by atoms with E-state index in [0.29, 0.717) is 0 Å². The highest BCUT2D eigenvalue weighted by atomic mass is 32.1. The molecule has 20 heavy (non-hydrogen) atoms. The number of aryl methyl sites for hydroxylation is 2. The molecule has 0 aliphatic heterocycles. The molecular formula is C14H21N5S. The Morgan fingerprint density at radius 1 is 1.20 bits per heavy atom. The van der Waals surface area contributed by atoms with Gasteiger partial charge in [-0.1, -0.05) is 6.92 Å². The van der Waals surface area contributed by atoms with Crippen molar-refractivity contribution < 1.29 is 0 Å². The minimum absolute atomic E-state index is 0.141. The molecule has 0 bridgehead atoms. The fourth-order valence-corrected chi connectivity index (χ4v) is 2.66. The molecule has 0 amide bonds. The van der Waals surface area contributed by atoms with E-state index in [1.54, 1.807) is 11.3 Å². The van der Waals surface area contributed by atoms with Gasteiger partial charge < -0.3 is 10.6 Å². The van der Waals surface area contributed by atoms with Crippen LogP contribution >= 0.6 is 11.3 Å². The maximum Gasteiger partial charge on any atom is 0.132 e. The standard InChI is InChI=1S/C14H21N5S/c1-5-11-18-12(15-6-2)7-13(19-11)17-10(4)14-16-9(3)8-20-14/h7-8,10H,5-6H2,1-4H3,(H2,15,17,18,19). The highest BCUT2D eigenvalue weighted by Gasteiger charge is 2.11. The van der Waals surface area contributed by atoms with Crippen molar-refractivity contribution in [1.82, 2.24) is 15.0 Å².